The molecule has 1 fully saturated rings. The van der Waals surface area contributed by atoms with Gasteiger partial charge in [0, 0.05) is 29.1 Å². The summed E-state index contributed by atoms with van der Waals surface area (Å²) >= 11 is 12.2. The first kappa shape index (κ1) is 14.6. The minimum Gasteiger partial charge on any atom is -0.334 e. The van der Waals surface area contributed by atoms with Crippen LogP contribution >= 0.6 is 23.2 Å². The number of rotatable bonds is 3. The van der Waals surface area contributed by atoms with Crippen LogP contribution in [0.4, 0.5) is 0 Å². The number of nitrogens with zero attached hydrogens (tertiary/aromatic N) is 1. The van der Waals surface area contributed by atoms with E-state index in [1.807, 2.05) is 17.9 Å². The van der Waals surface area contributed by atoms with E-state index < -0.39 is 0 Å². The number of halogens is 2. The second kappa shape index (κ2) is 6.12. The number of carbonyl (C=O) groups excluding carboxylic acids is 1. The Balaban J connectivity index is 2.39. The molecule has 1 aliphatic rings. The smallest absolute Gasteiger partial charge is 0.223 e. The number of benzene rings is 1. The van der Waals surface area contributed by atoms with Crippen molar-refractivity contribution in [2.45, 2.75) is 38.3 Å². The van der Waals surface area contributed by atoms with Crippen molar-refractivity contribution in [3.8, 4) is 0 Å². The molecule has 0 bridgehead atoms. The van der Waals surface area contributed by atoms with Crippen LogP contribution in [0.1, 0.15) is 37.8 Å². The highest BCUT2D eigenvalue weighted by Gasteiger charge is 2.35. The fourth-order valence-corrected chi connectivity index (χ4v) is 3.14. The van der Waals surface area contributed by atoms with Crippen molar-refractivity contribution in [1.29, 1.82) is 0 Å². The number of amides is 1. The molecule has 5 heteroatoms. The van der Waals surface area contributed by atoms with Gasteiger partial charge in [0.2, 0.25) is 5.91 Å². The van der Waals surface area contributed by atoms with Crippen LogP contribution in [-0.2, 0) is 4.79 Å². The maximum absolute atomic E-state index is 12.1. The van der Waals surface area contributed by atoms with Crippen molar-refractivity contribution in [3.05, 3.63) is 33.8 Å². The molecule has 1 aliphatic heterocycles. The summed E-state index contributed by atoms with van der Waals surface area (Å²) in [6, 6.07) is 5.14. The summed E-state index contributed by atoms with van der Waals surface area (Å²) in [6.45, 7) is 2.75. The zero-order valence-corrected chi connectivity index (χ0v) is 12.4. The first-order chi connectivity index (χ1) is 9.04. The maximum Gasteiger partial charge on any atom is 0.223 e. The van der Waals surface area contributed by atoms with Crippen molar-refractivity contribution in [1.82, 2.24) is 4.90 Å². The molecule has 0 aliphatic carbocycles. The Labute approximate surface area is 123 Å². The van der Waals surface area contributed by atoms with E-state index in [1.54, 1.807) is 12.1 Å². The third-order valence-corrected chi connectivity index (χ3v) is 4.06. The first-order valence-electron chi connectivity index (χ1n) is 6.54. The summed E-state index contributed by atoms with van der Waals surface area (Å²) in [6.07, 6.45) is 2.12. The number of hydrogen-bond acceptors (Lipinski definition) is 2. The van der Waals surface area contributed by atoms with Crippen molar-refractivity contribution in [2.24, 2.45) is 5.73 Å². The van der Waals surface area contributed by atoms with Crippen LogP contribution in [0, 0.1) is 0 Å². The molecular formula is C14H18Cl2N2O. The summed E-state index contributed by atoms with van der Waals surface area (Å²) in [5.41, 5.74) is 7.10. The van der Waals surface area contributed by atoms with Crippen molar-refractivity contribution >= 4 is 29.1 Å². The number of hydrogen-bond donors (Lipinski definition) is 1. The monoisotopic (exact) mass is 300 g/mol. The Morgan fingerprint density at radius 3 is 2.79 bits per heavy atom. The highest BCUT2D eigenvalue weighted by atomic mass is 35.5. The summed E-state index contributed by atoms with van der Waals surface area (Å²) in [5.74, 6) is 0.152. The van der Waals surface area contributed by atoms with E-state index in [0.717, 1.165) is 12.0 Å². The molecule has 2 unspecified atom stereocenters. The third kappa shape index (κ3) is 3.04. The Morgan fingerprint density at radius 1 is 1.42 bits per heavy atom. The molecule has 2 atom stereocenters. The second-order valence-electron chi connectivity index (χ2n) is 4.90. The van der Waals surface area contributed by atoms with Gasteiger partial charge in [-0.1, -0.05) is 36.2 Å². The minimum absolute atomic E-state index is 0.0806. The lowest BCUT2D eigenvalue weighted by atomic mass is 9.90. The molecule has 2 rings (SSSR count). The van der Waals surface area contributed by atoms with E-state index in [-0.39, 0.29) is 18.0 Å². The number of carbonyl (C=O) groups is 1. The fourth-order valence-electron chi connectivity index (χ4n) is 2.62. The molecule has 19 heavy (non-hydrogen) atoms. The first-order valence-corrected chi connectivity index (χ1v) is 7.30. The van der Waals surface area contributed by atoms with Gasteiger partial charge >= 0.3 is 0 Å². The van der Waals surface area contributed by atoms with Gasteiger partial charge in [0.15, 0.2) is 0 Å². The van der Waals surface area contributed by atoms with E-state index in [9.17, 15) is 4.79 Å². The Hall–Kier alpha value is -0.770. The zero-order chi connectivity index (χ0) is 14.0. The molecule has 0 radical (unpaired) electrons. The fraction of sp³-hybridized carbons (Fsp3) is 0.500. The van der Waals surface area contributed by atoms with Gasteiger partial charge in [-0.2, -0.15) is 0 Å². The van der Waals surface area contributed by atoms with Gasteiger partial charge in [-0.3, -0.25) is 4.79 Å². The molecule has 1 heterocycles. The van der Waals surface area contributed by atoms with Gasteiger partial charge in [0.05, 0.1) is 6.04 Å². The molecule has 0 saturated carbocycles. The maximum atomic E-state index is 12.1. The van der Waals surface area contributed by atoms with E-state index in [4.69, 9.17) is 28.9 Å². The molecule has 1 aromatic rings. The molecule has 3 nitrogen and oxygen atoms in total. The molecule has 1 amide bonds. The van der Waals surface area contributed by atoms with E-state index in [1.165, 1.54) is 0 Å². The van der Waals surface area contributed by atoms with Gasteiger partial charge < -0.3 is 10.6 Å². The van der Waals surface area contributed by atoms with Crippen LogP contribution in [0.15, 0.2) is 18.2 Å². The Morgan fingerprint density at radius 2 is 2.16 bits per heavy atom. The minimum atomic E-state index is -0.147. The topological polar surface area (TPSA) is 46.3 Å². The Bertz CT molecular complexity index is 479. The largest absolute Gasteiger partial charge is 0.334 e. The number of likely N-dealkylation sites (tertiary alicyclic amines) is 1. The average molecular weight is 301 g/mol. The standard InChI is InChI=1S/C14H18Cl2N2O/c1-2-7-18-13(19)6-5-12(17)14(18)10-4-3-9(15)8-11(10)16/h3-4,8,12,14H,2,5-7,17H2,1H3. The van der Waals surface area contributed by atoms with Crippen LogP contribution in [0.5, 0.6) is 0 Å². The van der Waals surface area contributed by atoms with Crippen LogP contribution in [0.3, 0.4) is 0 Å². The van der Waals surface area contributed by atoms with Crippen LogP contribution < -0.4 is 5.73 Å². The quantitative estimate of drug-likeness (QED) is 0.930. The molecule has 2 N–H and O–H groups in total. The predicted molar refractivity (Wildman–Crippen MR) is 78.4 cm³/mol. The van der Waals surface area contributed by atoms with Crippen molar-refractivity contribution in [3.63, 3.8) is 0 Å². The van der Waals surface area contributed by atoms with Crippen LogP contribution in [0.25, 0.3) is 0 Å². The normalized spacial score (nSPS) is 23.8. The highest BCUT2D eigenvalue weighted by molar-refractivity contribution is 6.35. The lowest BCUT2D eigenvalue weighted by Crippen LogP contribution is -2.49. The number of nitrogens with two attached hydrogens (primary N) is 1. The summed E-state index contributed by atoms with van der Waals surface area (Å²) in [5, 5.41) is 1.16. The van der Waals surface area contributed by atoms with E-state index >= 15 is 0 Å². The zero-order valence-electron chi connectivity index (χ0n) is 10.9. The van der Waals surface area contributed by atoms with Gasteiger partial charge in [0.25, 0.3) is 0 Å². The van der Waals surface area contributed by atoms with Gasteiger partial charge in [-0.15, -0.1) is 0 Å². The molecular weight excluding hydrogens is 283 g/mol. The van der Waals surface area contributed by atoms with Gasteiger partial charge in [0.1, 0.15) is 0 Å². The predicted octanol–water partition coefficient (Wildman–Crippen LogP) is 3.39. The lowest BCUT2D eigenvalue weighted by molar-refractivity contribution is -0.137. The summed E-state index contributed by atoms with van der Waals surface area (Å²) in [4.78, 5) is 13.9. The summed E-state index contributed by atoms with van der Waals surface area (Å²) in [7, 11) is 0. The van der Waals surface area contributed by atoms with Crippen molar-refractivity contribution < 1.29 is 4.79 Å². The van der Waals surface area contributed by atoms with Gasteiger partial charge in [-0.05, 0) is 30.5 Å². The molecule has 1 saturated heterocycles. The second-order valence-corrected chi connectivity index (χ2v) is 5.74. The van der Waals surface area contributed by atoms with Crippen LogP contribution in [-0.4, -0.2) is 23.4 Å². The Kier molecular flexibility index (Phi) is 4.71. The molecule has 0 aromatic heterocycles. The average Bonchev–Trinajstić information content (AvgIpc) is 2.36. The van der Waals surface area contributed by atoms with E-state index in [2.05, 4.69) is 0 Å². The molecule has 0 spiro atoms. The lowest BCUT2D eigenvalue weighted by Gasteiger charge is -2.40. The number of piperidine rings is 1. The van der Waals surface area contributed by atoms with Gasteiger partial charge in [-0.25, -0.2) is 0 Å². The van der Waals surface area contributed by atoms with Crippen molar-refractivity contribution in [2.75, 3.05) is 6.54 Å². The van der Waals surface area contributed by atoms with E-state index in [0.29, 0.717) is 29.4 Å². The van der Waals surface area contributed by atoms with Crippen LogP contribution in [0.2, 0.25) is 10.0 Å². The SMILES string of the molecule is CCCN1C(=O)CCC(N)C1c1ccc(Cl)cc1Cl. The molecule has 104 valence electrons. The molecule has 1 aromatic carbocycles. The highest BCUT2D eigenvalue weighted by Crippen LogP contribution is 2.35. The summed E-state index contributed by atoms with van der Waals surface area (Å²) < 4.78 is 0. The third-order valence-electron chi connectivity index (χ3n) is 3.50.